The summed E-state index contributed by atoms with van der Waals surface area (Å²) < 4.78 is 3.15. The van der Waals surface area contributed by atoms with Gasteiger partial charge in [0.1, 0.15) is 0 Å². The summed E-state index contributed by atoms with van der Waals surface area (Å²) in [4.78, 5) is 10.7. The predicted octanol–water partition coefficient (Wildman–Crippen LogP) is 0.653. The fourth-order valence-electron chi connectivity index (χ4n) is 0.589. The minimum atomic E-state index is -0.0972. The van der Waals surface area contributed by atoms with Crippen molar-refractivity contribution in [3.63, 3.8) is 0 Å². The zero-order valence-corrected chi connectivity index (χ0v) is 5.24. The highest BCUT2D eigenvalue weighted by Gasteiger charge is 2.00. The minimum Gasteiger partial charge on any atom is -0.287 e. The van der Waals surface area contributed by atoms with Crippen LogP contribution in [0.5, 0.6) is 0 Å². The van der Waals surface area contributed by atoms with Crippen LogP contribution >= 0.6 is 0 Å². The number of rotatable bonds is 1. The lowest BCUT2D eigenvalue weighted by atomic mass is 10.6. The van der Waals surface area contributed by atoms with Crippen molar-refractivity contribution < 1.29 is 4.79 Å². The largest absolute Gasteiger partial charge is 0.287 e. The molecule has 0 amide bonds. The highest BCUT2D eigenvalue weighted by molar-refractivity contribution is 5.88. The standard InChI is InChI=1S/C6H8N2O/c1-3-6(9)8-5-4-7(8)2/h3-5H,1H2,2H3. The molecule has 1 heterocycles. The van der Waals surface area contributed by atoms with Crippen LogP contribution in [0.4, 0.5) is 0 Å². The molecular weight excluding hydrogens is 116 g/mol. The van der Waals surface area contributed by atoms with E-state index in [1.165, 1.54) is 10.8 Å². The molecule has 3 nitrogen and oxygen atoms in total. The number of nitrogens with zero attached hydrogens (tertiary/aromatic N) is 2. The van der Waals surface area contributed by atoms with Crippen molar-refractivity contribution in [3.05, 3.63) is 25.0 Å². The minimum absolute atomic E-state index is 0.0972. The van der Waals surface area contributed by atoms with Crippen LogP contribution in [0.2, 0.25) is 0 Å². The molecule has 0 saturated carbocycles. The molecule has 0 saturated heterocycles. The molecule has 48 valence electrons. The third kappa shape index (κ3) is 0.806. The third-order valence-corrected chi connectivity index (χ3v) is 1.16. The van der Waals surface area contributed by atoms with Crippen molar-refractivity contribution in [2.24, 2.45) is 7.05 Å². The summed E-state index contributed by atoms with van der Waals surface area (Å²) >= 11 is 0. The van der Waals surface area contributed by atoms with Gasteiger partial charge < -0.3 is 0 Å². The molecule has 3 heteroatoms. The Morgan fingerprint density at radius 3 is 2.44 bits per heavy atom. The molecule has 0 unspecified atom stereocenters. The number of aromatic nitrogens is 2. The fraction of sp³-hybridized carbons (Fsp3) is 0.167. The summed E-state index contributed by atoms with van der Waals surface area (Å²) in [5.74, 6) is -0.0972. The average molecular weight is 124 g/mol. The van der Waals surface area contributed by atoms with E-state index < -0.39 is 0 Å². The maximum absolute atomic E-state index is 10.7. The molecule has 0 atom stereocenters. The molecular formula is C6H8N2O. The third-order valence-electron chi connectivity index (χ3n) is 1.16. The first kappa shape index (κ1) is 5.88. The first-order valence-electron chi connectivity index (χ1n) is 2.62. The molecule has 0 aliphatic carbocycles. The van der Waals surface area contributed by atoms with E-state index in [2.05, 4.69) is 6.58 Å². The molecule has 0 spiro atoms. The molecule has 0 N–H and O–H groups in total. The van der Waals surface area contributed by atoms with Gasteiger partial charge in [-0.3, -0.25) is 9.48 Å². The normalized spacial score (nSPS) is 9.44. The van der Waals surface area contributed by atoms with Gasteiger partial charge in [0.2, 0.25) is 0 Å². The van der Waals surface area contributed by atoms with Crippen LogP contribution in [0, 0.1) is 0 Å². The van der Waals surface area contributed by atoms with E-state index in [0.717, 1.165) is 0 Å². The quantitative estimate of drug-likeness (QED) is 0.505. The van der Waals surface area contributed by atoms with Crippen molar-refractivity contribution >= 4 is 5.91 Å². The van der Waals surface area contributed by atoms with Crippen molar-refractivity contribution in [2.45, 2.75) is 0 Å². The van der Waals surface area contributed by atoms with Crippen LogP contribution in [0.15, 0.2) is 25.0 Å². The summed E-state index contributed by atoms with van der Waals surface area (Å²) in [5.41, 5.74) is 0. The number of allylic oxidation sites excluding steroid dienone is 1. The Kier molecular flexibility index (Phi) is 1.26. The van der Waals surface area contributed by atoms with Gasteiger partial charge in [0, 0.05) is 19.4 Å². The smallest absolute Gasteiger partial charge is 0.268 e. The van der Waals surface area contributed by atoms with Crippen LogP contribution in [-0.4, -0.2) is 15.3 Å². The topological polar surface area (TPSA) is 26.9 Å². The lowest BCUT2D eigenvalue weighted by Crippen LogP contribution is -2.22. The van der Waals surface area contributed by atoms with Crippen molar-refractivity contribution in [1.82, 2.24) is 9.36 Å². The van der Waals surface area contributed by atoms with Crippen molar-refractivity contribution in [3.8, 4) is 0 Å². The summed E-state index contributed by atoms with van der Waals surface area (Å²) in [5, 5.41) is 0. The van der Waals surface area contributed by atoms with Gasteiger partial charge >= 0.3 is 0 Å². The Hall–Kier alpha value is -1.25. The average Bonchev–Trinajstić information content (AvgIpc) is 1.84. The molecule has 1 aromatic heterocycles. The monoisotopic (exact) mass is 124 g/mol. The second kappa shape index (κ2) is 1.93. The highest BCUT2D eigenvalue weighted by atomic mass is 16.2. The number of hydrogen-bond donors (Lipinski definition) is 0. The van der Waals surface area contributed by atoms with Gasteiger partial charge in [-0.1, -0.05) is 6.58 Å². The molecule has 0 bridgehead atoms. The Balaban J connectivity index is 2.83. The summed E-state index contributed by atoms with van der Waals surface area (Å²) in [6, 6.07) is 0. The van der Waals surface area contributed by atoms with E-state index in [0.29, 0.717) is 0 Å². The molecule has 0 aliphatic rings. The van der Waals surface area contributed by atoms with E-state index in [9.17, 15) is 4.79 Å². The van der Waals surface area contributed by atoms with Crippen LogP contribution in [0.25, 0.3) is 0 Å². The SMILES string of the molecule is C=CC(=O)n1ccn1C. The van der Waals surface area contributed by atoms with Gasteiger partial charge in [-0.05, 0) is 6.08 Å². The van der Waals surface area contributed by atoms with Crippen molar-refractivity contribution in [2.75, 3.05) is 0 Å². The van der Waals surface area contributed by atoms with Gasteiger partial charge in [0.15, 0.2) is 0 Å². The Morgan fingerprint density at radius 1 is 1.67 bits per heavy atom. The van der Waals surface area contributed by atoms with Crippen LogP contribution < -0.4 is 0 Å². The van der Waals surface area contributed by atoms with Gasteiger partial charge in [-0.25, -0.2) is 4.68 Å². The van der Waals surface area contributed by atoms with Crippen LogP contribution in [0.1, 0.15) is 4.79 Å². The van der Waals surface area contributed by atoms with Gasteiger partial charge in [0.25, 0.3) is 5.91 Å². The molecule has 1 rings (SSSR count). The predicted molar refractivity (Wildman–Crippen MR) is 34.2 cm³/mol. The second-order valence-corrected chi connectivity index (χ2v) is 1.76. The highest BCUT2D eigenvalue weighted by Crippen LogP contribution is 1.90. The number of hydrogen-bond acceptors (Lipinski definition) is 1. The van der Waals surface area contributed by atoms with Gasteiger partial charge in [-0.2, -0.15) is 0 Å². The zero-order chi connectivity index (χ0) is 6.85. The number of aryl methyl sites for hydroxylation is 1. The molecule has 9 heavy (non-hydrogen) atoms. The molecule has 1 aromatic rings. The summed E-state index contributed by atoms with van der Waals surface area (Å²) in [6.07, 6.45) is 4.76. The lowest BCUT2D eigenvalue weighted by molar-refractivity contribution is 0.0929. The summed E-state index contributed by atoms with van der Waals surface area (Å²) in [6.45, 7) is 3.35. The van der Waals surface area contributed by atoms with E-state index in [1.54, 1.807) is 24.1 Å². The Labute approximate surface area is 53.2 Å². The molecule has 0 fully saturated rings. The molecule has 0 aromatic carbocycles. The van der Waals surface area contributed by atoms with Crippen LogP contribution in [0.3, 0.4) is 0 Å². The number of carbonyl (C=O) groups is 1. The maximum atomic E-state index is 10.7. The molecule has 0 aliphatic heterocycles. The van der Waals surface area contributed by atoms with Gasteiger partial charge in [-0.15, -0.1) is 0 Å². The Morgan fingerprint density at radius 2 is 2.33 bits per heavy atom. The van der Waals surface area contributed by atoms with E-state index >= 15 is 0 Å². The maximum Gasteiger partial charge on any atom is 0.268 e. The number of carbonyl (C=O) groups excluding carboxylic acids is 1. The van der Waals surface area contributed by atoms with E-state index in [4.69, 9.17) is 0 Å². The fourth-order valence-corrected chi connectivity index (χ4v) is 0.589. The zero-order valence-electron chi connectivity index (χ0n) is 5.24. The van der Waals surface area contributed by atoms with Crippen molar-refractivity contribution in [1.29, 1.82) is 0 Å². The first-order chi connectivity index (χ1) is 4.25. The van der Waals surface area contributed by atoms with E-state index in [1.807, 2.05) is 0 Å². The molecule has 0 radical (unpaired) electrons. The Bertz CT molecular complexity index is 231. The van der Waals surface area contributed by atoms with Crippen LogP contribution in [-0.2, 0) is 7.05 Å². The summed E-state index contributed by atoms with van der Waals surface area (Å²) in [7, 11) is 1.79. The van der Waals surface area contributed by atoms with Gasteiger partial charge in [0.05, 0.1) is 0 Å². The lowest BCUT2D eigenvalue weighted by Gasteiger charge is -2.12. The van der Waals surface area contributed by atoms with E-state index in [-0.39, 0.29) is 5.91 Å². The first-order valence-corrected chi connectivity index (χ1v) is 2.62. The second-order valence-electron chi connectivity index (χ2n) is 1.76.